The van der Waals surface area contributed by atoms with Gasteiger partial charge < -0.3 is 10.6 Å². The topological polar surface area (TPSA) is 73.5 Å². The molecule has 1 saturated carbocycles. The lowest BCUT2D eigenvalue weighted by molar-refractivity contribution is -0.121. The molecule has 0 spiro atoms. The van der Waals surface area contributed by atoms with E-state index in [-0.39, 0.29) is 18.0 Å². The molecule has 0 bridgehead atoms. The van der Waals surface area contributed by atoms with E-state index >= 15 is 0 Å². The van der Waals surface area contributed by atoms with Gasteiger partial charge in [-0.15, -0.1) is 0 Å². The Morgan fingerprint density at radius 2 is 2.11 bits per heavy atom. The first-order valence-corrected chi connectivity index (χ1v) is 6.74. The van der Waals surface area contributed by atoms with Crippen molar-refractivity contribution in [1.82, 2.24) is 20.9 Å². The maximum Gasteiger partial charge on any atom is 0.321 e. The number of urea groups is 1. The molecule has 6 heteroatoms. The highest BCUT2D eigenvalue weighted by molar-refractivity contribution is 5.95. The summed E-state index contributed by atoms with van der Waals surface area (Å²) in [7, 11) is 0. The van der Waals surface area contributed by atoms with Crippen LogP contribution in [0.3, 0.4) is 0 Å². The van der Waals surface area contributed by atoms with Crippen molar-refractivity contribution in [2.75, 3.05) is 26.2 Å². The standard InChI is InChI=1S/C12H22N4O2/c1-2-16(10-5-6-13-7-10)8-11(17)15-12(18)14-9-3-4-9/h9-10,13H,2-8H2,1H3,(H2,14,15,17,18). The number of amides is 3. The van der Waals surface area contributed by atoms with E-state index in [1.807, 2.05) is 6.92 Å². The number of hydrogen-bond acceptors (Lipinski definition) is 4. The molecule has 1 aliphatic heterocycles. The van der Waals surface area contributed by atoms with E-state index in [1.165, 1.54) is 0 Å². The van der Waals surface area contributed by atoms with Crippen molar-refractivity contribution in [3.05, 3.63) is 0 Å². The summed E-state index contributed by atoms with van der Waals surface area (Å²) in [4.78, 5) is 25.3. The highest BCUT2D eigenvalue weighted by atomic mass is 16.2. The average molecular weight is 254 g/mol. The minimum Gasteiger partial charge on any atom is -0.335 e. The van der Waals surface area contributed by atoms with Gasteiger partial charge in [0.2, 0.25) is 5.91 Å². The molecule has 3 amide bonds. The van der Waals surface area contributed by atoms with Crippen LogP contribution >= 0.6 is 0 Å². The van der Waals surface area contributed by atoms with E-state index in [0.29, 0.717) is 12.6 Å². The van der Waals surface area contributed by atoms with E-state index in [0.717, 1.165) is 38.9 Å². The van der Waals surface area contributed by atoms with Crippen molar-refractivity contribution in [2.45, 2.75) is 38.3 Å². The zero-order chi connectivity index (χ0) is 13.0. The van der Waals surface area contributed by atoms with Crippen LogP contribution in [-0.2, 0) is 4.79 Å². The maximum atomic E-state index is 11.7. The first-order chi connectivity index (χ1) is 8.69. The lowest BCUT2D eigenvalue weighted by Crippen LogP contribution is -2.48. The van der Waals surface area contributed by atoms with Gasteiger partial charge in [-0.2, -0.15) is 0 Å². The predicted octanol–water partition coefficient (Wildman–Crippen LogP) is -0.342. The predicted molar refractivity (Wildman–Crippen MR) is 68.2 cm³/mol. The van der Waals surface area contributed by atoms with E-state index in [9.17, 15) is 9.59 Å². The molecular weight excluding hydrogens is 232 g/mol. The molecular formula is C12H22N4O2. The van der Waals surface area contributed by atoms with Crippen LogP contribution in [0.4, 0.5) is 4.79 Å². The van der Waals surface area contributed by atoms with Gasteiger partial charge in [0.05, 0.1) is 6.54 Å². The summed E-state index contributed by atoms with van der Waals surface area (Å²) < 4.78 is 0. The fraction of sp³-hybridized carbons (Fsp3) is 0.833. The first-order valence-electron chi connectivity index (χ1n) is 6.74. The van der Waals surface area contributed by atoms with E-state index in [1.54, 1.807) is 0 Å². The van der Waals surface area contributed by atoms with E-state index < -0.39 is 0 Å². The minimum absolute atomic E-state index is 0.220. The van der Waals surface area contributed by atoms with Crippen molar-refractivity contribution in [3.63, 3.8) is 0 Å². The normalized spacial score (nSPS) is 23.1. The van der Waals surface area contributed by atoms with Crippen LogP contribution < -0.4 is 16.0 Å². The van der Waals surface area contributed by atoms with Crippen molar-refractivity contribution >= 4 is 11.9 Å². The second-order valence-corrected chi connectivity index (χ2v) is 5.01. The van der Waals surface area contributed by atoms with Gasteiger partial charge >= 0.3 is 6.03 Å². The average Bonchev–Trinajstić information content (AvgIpc) is 2.97. The zero-order valence-corrected chi connectivity index (χ0v) is 10.9. The Morgan fingerprint density at radius 3 is 2.67 bits per heavy atom. The third-order valence-electron chi connectivity index (χ3n) is 3.47. The number of nitrogens with zero attached hydrogens (tertiary/aromatic N) is 1. The second-order valence-electron chi connectivity index (χ2n) is 5.01. The number of nitrogens with one attached hydrogen (secondary N) is 3. The highest BCUT2D eigenvalue weighted by Crippen LogP contribution is 2.18. The molecule has 6 nitrogen and oxygen atoms in total. The Kier molecular flexibility index (Phi) is 4.54. The van der Waals surface area contributed by atoms with Crippen LogP contribution in [0.5, 0.6) is 0 Å². The maximum absolute atomic E-state index is 11.7. The summed E-state index contributed by atoms with van der Waals surface area (Å²) in [6, 6.07) is 0.328. The first kappa shape index (κ1) is 13.3. The molecule has 0 radical (unpaired) electrons. The molecule has 1 unspecified atom stereocenters. The number of rotatable bonds is 5. The Bertz CT molecular complexity index is 311. The number of likely N-dealkylation sites (N-methyl/N-ethyl adjacent to an activating group) is 1. The summed E-state index contributed by atoms with van der Waals surface area (Å²) in [5.74, 6) is -0.220. The molecule has 1 saturated heterocycles. The van der Waals surface area contributed by atoms with E-state index in [2.05, 4.69) is 20.9 Å². The second kappa shape index (κ2) is 6.15. The summed E-state index contributed by atoms with van der Waals surface area (Å²) in [6.07, 6.45) is 3.11. The van der Waals surface area contributed by atoms with Gasteiger partial charge in [0.15, 0.2) is 0 Å². The summed E-state index contributed by atoms with van der Waals surface area (Å²) in [5.41, 5.74) is 0. The van der Waals surface area contributed by atoms with Crippen molar-refractivity contribution in [2.24, 2.45) is 0 Å². The number of carbonyl (C=O) groups excluding carboxylic acids is 2. The zero-order valence-electron chi connectivity index (χ0n) is 10.9. The van der Waals surface area contributed by atoms with Gasteiger partial charge in [0.1, 0.15) is 0 Å². The van der Waals surface area contributed by atoms with Gasteiger partial charge in [0, 0.05) is 18.6 Å². The lowest BCUT2D eigenvalue weighted by Gasteiger charge is -2.25. The summed E-state index contributed by atoms with van der Waals surface area (Å²) >= 11 is 0. The van der Waals surface area contributed by atoms with Gasteiger partial charge in [0.25, 0.3) is 0 Å². The number of carbonyl (C=O) groups is 2. The van der Waals surface area contributed by atoms with Crippen molar-refractivity contribution in [3.8, 4) is 0 Å². The molecule has 2 fully saturated rings. The van der Waals surface area contributed by atoms with Gasteiger partial charge in [-0.05, 0) is 32.4 Å². The molecule has 3 N–H and O–H groups in total. The molecule has 1 aliphatic carbocycles. The Balaban J connectivity index is 1.71. The van der Waals surface area contributed by atoms with Crippen LogP contribution in [0, 0.1) is 0 Å². The smallest absolute Gasteiger partial charge is 0.321 e. The third-order valence-corrected chi connectivity index (χ3v) is 3.47. The van der Waals surface area contributed by atoms with Gasteiger partial charge in [-0.25, -0.2) is 4.79 Å². The van der Waals surface area contributed by atoms with E-state index in [4.69, 9.17) is 0 Å². The molecule has 2 aliphatic rings. The van der Waals surface area contributed by atoms with Crippen LogP contribution in [0.2, 0.25) is 0 Å². The molecule has 18 heavy (non-hydrogen) atoms. The van der Waals surface area contributed by atoms with Gasteiger partial charge in [-0.3, -0.25) is 15.0 Å². The highest BCUT2D eigenvalue weighted by Gasteiger charge is 2.26. The molecule has 1 atom stereocenters. The Labute approximate surface area is 107 Å². The molecule has 102 valence electrons. The molecule has 2 rings (SSSR count). The molecule has 0 aromatic rings. The lowest BCUT2D eigenvalue weighted by atomic mass is 10.2. The molecule has 0 aromatic carbocycles. The minimum atomic E-state index is -0.358. The van der Waals surface area contributed by atoms with Crippen LogP contribution in [0.25, 0.3) is 0 Å². The van der Waals surface area contributed by atoms with Crippen molar-refractivity contribution in [1.29, 1.82) is 0 Å². The molecule has 1 heterocycles. The monoisotopic (exact) mass is 254 g/mol. The SMILES string of the molecule is CCN(CC(=O)NC(=O)NC1CC1)C1CCNC1. The fourth-order valence-electron chi connectivity index (χ4n) is 2.25. The largest absolute Gasteiger partial charge is 0.335 e. The Morgan fingerprint density at radius 1 is 1.33 bits per heavy atom. The quantitative estimate of drug-likeness (QED) is 0.627. The third kappa shape index (κ3) is 3.96. The summed E-state index contributed by atoms with van der Waals surface area (Å²) in [5, 5.41) is 8.42. The van der Waals surface area contributed by atoms with Gasteiger partial charge in [-0.1, -0.05) is 6.92 Å². The fourth-order valence-corrected chi connectivity index (χ4v) is 2.25. The van der Waals surface area contributed by atoms with Crippen LogP contribution in [0.15, 0.2) is 0 Å². The molecule has 0 aromatic heterocycles. The number of imide groups is 1. The van der Waals surface area contributed by atoms with Crippen molar-refractivity contribution < 1.29 is 9.59 Å². The number of hydrogen-bond donors (Lipinski definition) is 3. The van der Waals surface area contributed by atoms with Crippen LogP contribution in [0.1, 0.15) is 26.2 Å². The summed E-state index contributed by atoms with van der Waals surface area (Å²) in [6.45, 7) is 5.08. The van der Waals surface area contributed by atoms with Crippen LogP contribution in [-0.4, -0.2) is 55.1 Å². The Hall–Kier alpha value is -1.14.